The van der Waals surface area contributed by atoms with Gasteiger partial charge < -0.3 is 24.6 Å². The maximum absolute atomic E-state index is 12.3. The van der Waals surface area contributed by atoms with Gasteiger partial charge in [0.2, 0.25) is 5.91 Å². The Kier molecular flexibility index (Phi) is 7.70. The lowest BCUT2D eigenvalue weighted by atomic mass is 10.0. The molecule has 0 aliphatic carbocycles. The van der Waals surface area contributed by atoms with Crippen LogP contribution in [0.3, 0.4) is 0 Å². The van der Waals surface area contributed by atoms with Crippen molar-refractivity contribution in [1.29, 1.82) is 0 Å². The molecule has 1 atom stereocenters. The van der Waals surface area contributed by atoms with Gasteiger partial charge in [-0.25, -0.2) is 4.79 Å². The van der Waals surface area contributed by atoms with Gasteiger partial charge in [0.15, 0.2) is 0 Å². The number of carbonyl (C=O) groups is 2. The summed E-state index contributed by atoms with van der Waals surface area (Å²) >= 11 is 0. The summed E-state index contributed by atoms with van der Waals surface area (Å²) in [6, 6.07) is 0.178. The standard InChI is InChI=1S/C19H35N3O4/c1-15-14-22(12-13-25-15)17(23)6-5-9-21-10-7-16(8-11-21)20-18(24)26-19(2,3)4/h15-16H,5-14H2,1-4H3,(H,20,24). The zero-order valence-electron chi connectivity index (χ0n) is 16.8. The minimum Gasteiger partial charge on any atom is -0.444 e. The smallest absolute Gasteiger partial charge is 0.407 e. The molecule has 2 heterocycles. The predicted molar refractivity (Wildman–Crippen MR) is 100 cm³/mol. The highest BCUT2D eigenvalue weighted by Gasteiger charge is 2.24. The van der Waals surface area contributed by atoms with Gasteiger partial charge in [0.1, 0.15) is 5.60 Å². The number of hydrogen-bond acceptors (Lipinski definition) is 5. The van der Waals surface area contributed by atoms with Crippen LogP contribution >= 0.6 is 0 Å². The molecular weight excluding hydrogens is 334 g/mol. The van der Waals surface area contributed by atoms with Crippen LogP contribution in [0.15, 0.2) is 0 Å². The summed E-state index contributed by atoms with van der Waals surface area (Å²) in [5.41, 5.74) is -0.463. The highest BCUT2D eigenvalue weighted by atomic mass is 16.6. The molecule has 7 heteroatoms. The molecule has 7 nitrogen and oxygen atoms in total. The molecule has 2 aliphatic rings. The molecule has 2 fully saturated rings. The third-order valence-electron chi connectivity index (χ3n) is 4.77. The number of alkyl carbamates (subject to hydrolysis) is 1. The number of rotatable bonds is 5. The van der Waals surface area contributed by atoms with Crippen molar-refractivity contribution in [3.05, 3.63) is 0 Å². The Morgan fingerprint density at radius 2 is 1.88 bits per heavy atom. The summed E-state index contributed by atoms with van der Waals surface area (Å²) in [6.45, 7) is 12.5. The average Bonchev–Trinajstić information content (AvgIpc) is 2.54. The largest absolute Gasteiger partial charge is 0.444 e. The van der Waals surface area contributed by atoms with Crippen molar-refractivity contribution in [3.63, 3.8) is 0 Å². The molecule has 1 N–H and O–H groups in total. The van der Waals surface area contributed by atoms with Gasteiger partial charge in [0.05, 0.1) is 12.7 Å². The number of nitrogens with one attached hydrogen (secondary N) is 1. The van der Waals surface area contributed by atoms with Crippen molar-refractivity contribution in [2.24, 2.45) is 0 Å². The molecule has 0 aromatic heterocycles. The fourth-order valence-corrected chi connectivity index (χ4v) is 3.43. The number of amides is 2. The predicted octanol–water partition coefficient (Wildman–Crippen LogP) is 2.00. The number of likely N-dealkylation sites (tertiary alicyclic amines) is 1. The monoisotopic (exact) mass is 369 g/mol. The second-order valence-electron chi connectivity index (χ2n) is 8.39. The van der Waals surface area contributed by atoms with Crippen LogP contribution in [0.25, 0.3) is 0 Å². The van der Waals surface area contributed by atoms with Crippen molar-refractivity contribution < 1.29 is 19.1 Å². The van der Waals surface area contributed by atoms with Crippen molar-refractivity contribution in [2.45, 2.75) is 71.1 Å². The van der Waals surface area contributed by atoms with E-state index in [1.54, 1.807) is 0 Å². The van der Waals surface area contributed by atoms with E-state index in [2.05, 4.69) is 10.2 Å². The number of hydrogen-bond donors (Lipinski definition) is 1. The van der Waals surface area contributed by atoms with Gasteiger partial charge in [-0.05, 0) is 53.5 Å². The molecule has 26 heavy (non-hydrogen) atoms. The molecule has 1 unspecified atom stereocenters. The number of ether oxygens (including phenoxy) is 2. The summed E-state index contributed by atoms with van der Waals surface area (Å²) in [5.74, 6) is 0.238. The van der Waals surface area contributed by atoms with Gasteiger partial charge in [0, 0.05) is 38.6 Å². The number of morpholine rings is 1. The van der Waals surface area contributed by atoms with E-state index in [0.717, 1.165) is 38.9 Å². The normalized spacial score (nSPS) is 22.9. The molecule has 2 aliphatic heterocycles. The summed E-state index contributed by atoms with van der Waals surface area (Å²) in [7, 11) is 0. The van der Waals surface area contributed by atoms with Crippen LogP contribution in [-0.4, -0.2) is 78.9 Å². The molecule has 2 saturated heterocycles. The lowest BCUT2D eigenvalue weighted by molar-refractivity contribution is -0.138. The van der Waals surface area contributed by atoms with E-state index in [1.165, 1.54) is 0 Å². The lowest BCUT2D eigenvalue weighted by Gasteiger charge is -2.33. The van der Waals surface area contributed by atoms with E-state index >= 15 is 0 Å². The number of piperidine rings is 1. The van der Waals surface area contributed by atoms with Gasteiger partial charge in [-0.15, -0.1) is 0 Å². The molecule has 0 spiro atoms. The number of carbonyl (C=O) groups excluding carboxylic acids is 2. The van der Waals surface area contributed by atoms with Gasteiger partial charge in [-0.1, -0.05) is 0 Å². The van der Waals surface area contributed by atoms with Crippen LogP contribution in [0.1, 0.15) is 53.4 Å². The van der Waals surface area contributed by atoms with Gasteiger partial charge >= 0.3 is 6.09 Å². The summed E-state index contributed by atoms with van der Waals surface area (Å²) in [6.07, 6.45) is 3.14. The molecule has 0 saturated carbocycles. The van der Waals surface area contributed by atoms with E-state index in [4.69, 9.17) is 9.47 Å². The summed E-state index contributed by atoms with van der Waals surface area (Å²) in [4.78, 5) is 28.4. The second-order valence-corrected chi connectivity index (χ2v) is 8.39. The van der Waals surface area contributed by atoms with Crippen molar-refractivity contribution in [3.8, 4) is 0 Å². The zero-order valence-corrected chi connectivity index (χ0v) is 16.8. The topological polar surface area (TPSA) is 71.1 Å². The van der Waals surface area contributed by atoms with Gasteiger partial charge in [0.25, 0.3) is 0 Å². The highest BCUT2D eigenvalue weighted by molar-refractivity contribution is 5.76. The first-order valence-electron chi connectivity index (χ1n) is 9.84. The van der Waals surface area contributed by atoms with Crippen LogP contribution in [0.5, 0.6) is 0 Å². The Bertz CT molecular complexity index is 470. The Labute approximate surface area is 157 Å². The molecule has 2 amide bonds. The zero-order chi connectivity index (χ0) is 19.2. The first kappa shape index (κ1) is 21.0. The first-order chi connectivity index (χ1) is 12.2. The lowest BCUT2D eigenvalue weighted by Crippen LogP contribution is -2.46. The van der Waals surface area contributed by atoms with Crippen molar-refractivity contribution in [1.82, 2.24) is 15.1 Å². The minimum atomic E-state index is -0.463. The molecule has 0 aromatic rings. The van der Waals surface area contributed by atoms with E-state index in [9.17, 15) is 9.59 Å². The number of nitrogens with zero attached hydrogens (tertiary/aromatic N) is 2. The van der Waals surface area contributed by atoms with Gasteiger partial charge in [-0.3, -0.25) is 4.79 Å². The quantitative estimate of drug-likeness (QED) is 0.803. The first-order valence-corrected chi connectivity index (χ1v) is 9.84. The van der Waals surface area contributed by atoms with Crippen LogP contribution in [0.4, 0.5) is 4.79 Å². The molecule has 0 bridgehead atoms. The van der Waals surface area contributed by atoms with Crippen molar-refractivity contribution >= 4 is 12.0 Å². The van der Waals surface area contributed by atoms with Crippen molar-refractivity contribution in [2.75, 3.05) is 39.3 Å². The van der Waals surface area contributed by atoms with Crippen LogP contribution in [-0.2, 0) is 14.3 Å². The summed E-state index contributed by atoms with van der Waals surface area (Å²) in [5, 5.41) is 2.96. The SMILES string of the molecule is CC1CN(C(=O)CCCN2CCC(NC(=O)OC(C)(C)C)CC2)CCO1. The summed E-state index contributed by atoms with van der Waals surface area (Å²) < 4.78 is 10.8. The molecule has 0 aromatic carbocycles. The van der Waals surface area contributed by atoms with Gasteiger partial charge in [-0.2, -0.15) is 0 Å². The highest BCUT2D eigenvalue weighted by Crippen LogP contribution is 2.14. The van der Waals surface area contributed by atoms with E-state index in [-0.39, 0.29) is 24.1 Å². The third kappa shape index (κ3) is 7.50. The third-order valence-corrected chi connectivity index (χ3v) is 4.77. The van der Waals surface area contributed by atoms with Crippen LogP contribution < -0.4 is 5.32 Å². The Balaban J connectivity index is 1.59. The molecule has 150 valence electrons. The van der Waals surface area contributed by atoms with E-state index in [0.29, 0.717) is 26.1 Å². The van der Waals surface area contributed by atoms with Crippen LogP contribution in [0.2, 0.25) is 0 Å². The molecule has 2 rings (SSSR count). The fourth-order valence-electron chi connectivity index (χ4n) is 3.43. The maximum Gasteiger partial charge on any atom is 0.407 e. The molecule has 0 radical (unpaired) electrons. The minimum absolute atomic E-state index is 0.143. The Hall–Kier alpha value is -1.34. The van der Waals surface area contributed by atoms with E-state index < -0.39 is 5.60 Å². The molecular formula is C19H35N3O4. The fraction of sp³-hybridized carbons (Fsp3) is 0.895. The van der Waals surface area contributed by atoms with Crippen LogP contribution in [0, 0.1) is 0 Å². The Morgan fingerprint density at radius 1 is 1.19 bits per heavy atom. The Morgan fingerprint density at radius 3 is 2.50 bits per heavy atom. The van der Waals surface area contributed by atoms with E-state index in [1.807, 2.05) is 32.6 Å². The maximum atomic E-state index is 12.3. The second kappa shape index (κ2) is 9.55. The average molecular weight is 370 g/mol.